The molecule has 0 radical (unpaired) electrons. The molecule has 0 saturated heterocycles. The molecule has 1 aromatic carbocycles. The molecule has 4 heteroatoms. The van der Waals surface area contributed by atoms with Crippen LogP contribution in [0.5, 0.6) is 11.5 Å². The molecule has 0 unspecified atom stereocenters. The monoisotopic (exact) mass is 266 g/mol. The first-order valence-corrected chi connectivity index (χ1v) is 6.48. The third kappa shape index (κ3) is 3.61. The van der Waals surface area contributed by atoms with E-state index < -0.39 is 0 Å². The normalized spacial score (nSPS) is 11.8. The van der Waals surface area contributed by atoms with Crippen molar-refractivity contribution in [2.45, 2.75) is 32.9 Å². The molecule has 0 aliphatic carbocycles. The Bertz CT molecular complexity index is 430. The van der Waals surface area contributed by atoms with E-state index in [9.17, 15) is 0 Å². The van der Waals surface area contributed by atoms with E-state index in [1.165, 1.54) is 5.56 Å². The zero-order valence-corrected chi connectivity index (χ0v) is 12.9. The molecule has 2 N–H and O–H groups in total. The predicted octanol–water partition coefficient (Wildman–Crippen LogP) is 2.18. The van der Waals surface area contributed by atoms with Gasteiger partial charge >= 0.3 is 0 Å². The van der Waals surface area contributed by atoms with Crippen molar-refractivity contribution < 1.29 is 9.47 Å². The Kier molecular flexibility index (Phi) is 5.20. The van der Waals surface area contributed by atoms with Crippen LogP contribution in [0.2, 0.25) is 0 Å². The van der Waals surface area contributed by atoms with Crippen molar-refractivity contribution in [3.8, 4) is 11.5 Å². The molecule has 0 aliphatic heterocycles. The van der Waals surface area contributed by atoms with Gasteiger partial charge in [-0.25, -0.2) is 0 Å². The van der Waals surface area contributed by atoms with Gasteiger partial charge in [-0.05, 0) is 39.4 Å². The molecule has 0 bridgehead atoms. The highest BCUT2D eigenvalue weighted by atomic mass is 16.5. The Morgan fingerprint density at radius 1 is 1.21 bits per heavy atom. The summed E-state index contributed by atoms with van der Waals surface area (Å²) in [4.78, 5) is 2.24. The van der Waals surface area contributed by atoms with Crippen molar-refractivity contribution >= 4 is 0 Å². The number of aryl methyl sites for hydroxylation is 1. The second-order valence-corrected chi connectivity index (χ2v) is 5.50. The van der Waals surface area contributed by atoms with Gasteiger partial charge in [0.1, 0.15) is 11.5 Å². The minimum Gasteiger partial charge on any atom is -0.497 e. The lowest BCUT2D eigenvalue weighted by atomic mass is 10.0. The van der Waals surface area contributed by atoms with Crippen molar-refractivity contribution in [3.63, 3.8) is 0 Å². The first kappa shape index (κ1) is 15.8. The lowest BCUT2D eigenvalue weighted by Crippen LogP contribution is -2.46. The van der Waals surface area contributed by atoms with Gasteiger partial charge in [-0.1, -0.05) is 0 Å². The van der Waals surface area contributed by atoms with Crippen molar-refractivity contribution in [2.24, 2.45) is 5.73 Å². The number of likely N-dealkylation sites (N-methyl/N-ethyl adjacent to an activating group) is 1. The van der Waals surface area contributed by atoms with Gasteiger partial charge < -0.3 is 15.2 Å². The highest BCUT2D eigenvalue weighted by molar-refractivity contribution is 5.46. The molecule has 0 fully saturated rings. The molecule has 0 saturated carbocycles. The largest absolute Gasteiger partial charge is 0.497 e. The summed E-state index contributed by atoms with van der Waals surface area (Å²) < 4.78 is 10.8. The molecule has 0 spiro atoms. The van der Waals surface area contributed by atoms with Crippen LogP contribution in [0.1, 0.15) is 25.0 Å². The van der Waals surface area contributed by atoms with Crippen LogP contribution in [0.4, 0.5) is 0 Å². The van der Waals surface area contributed by atoms with E-state index in [4.69, 9.17) is 15.2 Å². The SMILES string of the molecule is COc1cc(C)c(CN(C)C(C)(C)CN)c(OC)c1. The highest BCUT2D eigenvalue weighted by Gasteiger charge is 2.23. The van der Waals surface area contributed by atoms with Gasteiger partial charge in [-0.3, -0.25) is 4.90 Å². The fraction of sp³-hybridized carbons (Fsp3) is 0.600. The lowest BCUT2D eigenvalue weighted by molar-refractivity contribution is 0.154. The van der Waals surface area contributed by atoms with Crippen molar-refractivity contribution in [1.29, 1.82) is 0 Å². The average molecular weight is 266 g/mol. The molecule has 0 aliphatic rings. The number of methoxy groups -OCH3 is 2. The molecule has 0 amide bonds. The smallest absolute Gasteiger partial charge is 0.127 e. The zero-order chi connectivity index (χ0) is 14.6. The number of ether oxygens (including phenoxy) is 2. The van der Waals surface area contributed by atoms with E-state index in [2.05, 4.69) is 32.7 Å². The number of hydrogen-bond acceptors (Lipinski definition) is 4. The van der Waals surface area contributed by atoms with Gasteiger partial charge in [0.05, 0.1) is 14.2 Å². The van der Waals surface area contributed by atoms with Crippen molar-refractivity contribution in [1.82, 2.24) is 4.90 Å². The summed E-state index contributed by atoms with van der Waals surface area (Å²) in [6.07, 6.45) is 0. The molecule has 1 aromatic rings. The van der Waals surface area contributed by atoms with Crippen LogP contribution in [0.3, 0.4) is 0 Å². The van der Waals surface area contributed by atoms with Crippen molar-refractivity contribution in [2.75, 3.05) is 27.8 Å². The maximum atomic E-state index is 5.82. The Morgan fingerprint density at radius 3 is 2.32 bits per heavy atom. The van der Waals surface area contributed by atoms with Crippen molar-refractivity contribution in [3.05, 3.63) is 23.3 Å². The summed E-state index contributed by atoms with van der Waals surface area (Å²) in [6.45, 7) is 7.75. The number of nitrogens with zero attached hydrogens (tertiary/aromatic N) is 1. The number of hydrogen-bond donors (Lipinski definition) is 1. The van der Waals surface area contributed by atoms with Gasteiger partial charge in [-0.15, -0.1) is 0 Å². The highest BCUT2D eigenvalue weighted by Crippen LogP contribution is 2.30. The molecule has 4 nitrogen and oxygen atoms in total. The molecule has 0 atom stereocenters. The van der Waals surface area contributed by atoms with Crippen LogP contribution in [-0.2, 0) is 6.54 Å². The van der Waals surface area contributed by atoms with Crippen LogP contribution in [0.15, 0.2) is 12.1 Å². The summed E-state index contributed by atoms with van der Waals surface area (Å²) in [5, 5.41) is 0. The van der Waals surface area contributed by atoms with Gasteiger partial charge in [0.2, 0.25) is 0 Å². The predicted molar refractivity (Wildman–Crippen MR) is 78.9 cm³/mol. The lowest BCUT2D eigenvalue weighted by Gasteiger charge is -2.35. The minimum absolute atomic E-state index is 0.0443. The third-order valence-corrected chi connectivity index (χ3v) is 3.79. The number of benzene rings is 1. The second kappa shape index (κ2) is 6.26. The summed E-state index contributed by atoms with van der Waals surface area (Å²) in [5.41, 5.74) is 8.11. The van der Waals surface area contributed by atoms with Crippen LogP contribution in [-0.4, -0.2) is 38.3 Å². The third-order valence-electron chi connectivity index (χ3n) is 3.79. The maximum absolute atomic E-state index is 5.82. The topological polar surface area (TPSA) is 47.7 Å². The molecule has 0 aromatic heterocycles. The number of nitrogens with two attached hydrogens (primary N) is 1. The van der Waals surface area contributed by atoms with Gasteiger partial charge in [0, 0.05) is 30.3 Å². The van der Waals surface area contributed by atoms with E-state index in [-0.39, 0.29) is 5.54 Å². The van der Waals surface area contributed by atoms with Crippen LogP contribution in [0, 0.1) is 6.92 Å². The average Bonchev–Trinajstić information content (AvgIpc) is 2.40. The van der Waals surface area contributed by atoms with Crippen LogP contribution >= 0.6 is 0 Å². The summed E-state index contributed by atoms with van der Waals surface area (Å²) in [6, 6.07) is 3.95. The Morgan fingerprint density at radius 2 is 1.84 bits per heavy atom. The molecule has 1 rings (SSSR count). The second-order valence-electron chi connectivity index (χ2n) is 5.50. The van der Waals surface area contributed by atoms with E-state index in [1.807, 2.05) is 12.1 Å². The standard InChI is InChI=1S/C15H26N2O2/c1-11-7-12(18-5)8-14(19-6)13(11)9-17(4)15(2,3)10-16/h7-8H,9-10,16H2,1-6H3. The Hall–Kier alpha value is -1.26. The van der Waals surface area contributed by atoms with Crippen LogP contribution < -0.4 is 15.2 Å². The van der Waals surface area contributed by atoms with E-state index in [0.29, 0.717) is 6.54 Å². The summed E-state index contributed by atoms with van der Waals surface area (Å²) in [7, 11) is 5.43. The van der Waals surface area contributed by atoms with E-state index >= 15 is 0 Å². The molecule has 19 heavy (non-hydrogen) atoms. The summed E-state index contributed by atoms with van der Waals surface area (Å²) >= 11 is 0. The maximum Gasteiger partial charge on any atom is 0.127 e. The zero-order valence-electron chi connectivity index (χ0n) is 12.9. The van der Waals surface area contributed by atoms with Gasteiger partial charge in [0.15, 0.2) is 0 Å². The first-order valence-electron chi connectivity index (χ1n) is 6.48. The first-order chi connectivity index (χ1) is 8.85. The van der Waals surface area contributed by atoms with Gasteiger partial charge in [-0.2, -0.15) is 0 Å². The number of rotatable bonds is 6. The molecule has 0 heterocycles. The van der Waals surface area contributed by atoms with E-state index in [1.54, 1.807) is 14.2 Å². The molecule has 108 valence electrons. The van der Waals surface area contributed by atoms with Gasteiger partial charge in [0.25, 0.3) is 0 Å². The minimum atomic E-state index is -0.0443. The Labute approximate surface area is 116 Å². The Balaban J connectivity index is 3.07. The van der Waals surface area contributed by atoms with Crippen LogP contribution in [0.25, 0.3) is 0 Å². The van der Waals surface area contributed by atoms with E-state index in [0.717, 1.165) is 23.6 Å². The molecular weight excluding hydrogens is 240 g/mol. The molecular formula is C15H26N2O2. The quantitative estimate of drug-likeness (QED) is 0.857. The fourth-order valence-electron chi connectivity index (χ4n) is 1.86. The summed E-state index contributed by atoms with van der Waals surface area (Å²) in [5.74, 6) is 1.68. The fourth-order valence-corrected chi connectivity index (χ4v) is 1.86.